The van der Waals surface area contributed by atoms with Crippen molar-refractivity contribution < 1.29 is 4.74 Å². The summed E-state index contributed by atoms with van der Waals surface area (Å²) in [5, 5.41) is 4.32. The molecule has 0 amide bonds. The van der Waals surface area contributed by atoms with Crippen LogP contribution in [0.2, 0.25) is 0 Å². The zero-order valence-electron chi connectivity index (χ0n) is 11.0. The Morgan fingerprint density at radius 2 is 2.17 bits per heavy atom. The van der Waals surface area contributed by atoms with Crippen LogP contribution < -0.4 is 0 Å². The number of aromatic nitrogens is 2. The highest BCUT2D eigenvalue weighted by molar-refractivity contribution is 4.85. The lowest BCUT2D eigenvalue weighted by Crippen LogP contribution is -2.40. The van der Waals surface area contributed by atoms with Gasteiger partial charge in [0, 0.05) is 31.6 Å². The molecule has 0 saturated carbocycles. The predicted octanol–water partition coefficient (Wildman–Crippen LogP) is 1.92. The third-order valence-corrected chi connectivity index (χ3v) is 4.17. The van der Waals surface area contributed by atoms with Crippen molar-refractivity contribution in [2.45, 2.75) is 50.8 Å². The fourth-order valence-corrected chi connectivity index (χ4v) is 3.18. The molecule has 2 saturated heterocycles. The van der Waals surface area contributed by atoms with Gasteiger partial charge in [0.2, 0.25) is 0 Å². The third-order valence-electron chi connectivity index (χ3n) is 4.17. The lowest BCUT2D eigenvalue weighted by molar-refractivity contribution is -0.00910. The standard InChI is InChI=1S/C14H23N3O/c1-2-10-18-14(6-1)12-16-8-3-5-13(16)11-17-9-4-7-15-17/h4,7,9,13-14H,1-3,5-6,8,10-12H2/t13-,14-/m1/s1. The van der Waals surface area contributed by atoms with Crippen molar-refractivity contribution in [2.75, 3.05) is 19.7 Å². The highest BCUT2D eigenvalue weighted by atomic mass is 16.5. The minimum atomic E-state index is 0.469. The molecular formula is C14H23N3O. The maximum absolute atomic E-state index is 5.86. The second-order valence-corrected chi connectivity index (χ2v) is 5.51. The highest BCUT2D eigenvalue weighted by Crippen LogP contribution is 2.22. The number of likely N-dealkylation sites (tertiary alicyclic amines) is 1. The SMILES string of the molecule is c1cnn(C[C@H]2CCCN2C[C@H]2CCCCO2)c1. The monoisotopic (exact) mass is 249 g/mol. The summed E-state index contributed by atoms with van der Waals surface area (Å²) in [5.41, 5.74) is 0. The normalized spacial score (nSPS) is 29.8. The Bertz CT molecular complexity index is 346. The quantitative estimate of drug-likeness (QED) is 0.816. The van der Waals surface area contributed by atoms with Crippen molar-refractivity contribution in [3.63, 3.8) is 0 Å². The van der Waals surface area contributed by atoms with Gasteiger partial charge in [-0.15, -0.1) is 0 Å². The first kappa shape index (κ1) is 12.2. The summed E-state index contributed by atoms with van der Waals surface area (Å²) in [6.45, 7) is 4.33. The Morgan fingerprint density at radius 3 is 2.94 bits per heavy atom. The molecule has 0 aromatic carbocycles. The van der Waals surface area contributed by atoms with Crippen molar-refractivity contribution >= 4 is 0 Å². The second-order valence-electron chi connectivity index (χ2n) is 5.51. The predicted molar refractivity (Wildman–Crippen MR) is 70.4 cm³/mol. The van der Waals surface area contributed by atoms with Crippen LogP contribution in [-0.4, -0.2) is 46.5 Å². The molecule has 0 unspecified atom stereocenters. The van der Waals surface area contributed by atoms with Crippen LogP contribution in [-0.2, 0) is 11.3 Å². The van der Waals surface area contributed by atoms with Gasteiger partial charge in [0.25, 0.3) is 0 Å². The maximum Gasteiger partial charge on any atom is 0.0702 e. The topological polar surface area (TPSA) is 30.3 Å². The Hall–Kier alpha value is -0.870. The van der Waals surface area contributed by atoms with Crippen molar-refractivity contribution in [2.24, 2.45) is 0 Å². The molecule has 2 atom stereocenters. The fourth-order valence-electron chi connectivity index (χ4n) is 3.18. The molecule has 2 fully saturated rings. The summed E-state index contributed by atoms with van der Waals surface area (Å²) in [6.07, 6.45) is 10.8. The first-order chi connectivity index (χ1) is 8.92. The van der Waals surface area contributed by atoms with E-state index in [9.17, 15) is 0 Å². The molecule has 4 heteroatoms. The van der Waals surface area contributed by atoms with Crippen LogP contribution in [0.25, 0.3) is 0 Å². The van der Waals surface area contributed by atoms with E-state index in [1.54, 1.807) is 0 Å². The minimum absolute atomic E-state index is 0.469. The number of rotatable bonds is 4. The molecule has 1 aromatic heterocycles. The van der Waals surface area contributed by atoms with Gasteiger partial charge >= 0.3 is 0 Å². The summed E-state index contributed by atoms with van der Waals surface area (Å²) in [7, 11) is 0. The fraction of sp³-hybridized carbons (Fsp3) is 0.786. The Morgan fingerprint density at radius 1 is 1.17 bits per heavy atom. The van der Waals surface area contributed by atoms with Gasteiger partial charge in [-0.05, 0) is 44.7 Å². The van der Waals surface area contributed by atoms with E-state index in [0.29, 0.717) is 12.1 Å². The largest absolute Gasteiger partial charge is 0.377 e. The average molecular weight is 249 g/mol. The number of hydrogen-bond donors (Lipinski definition) is 0. The summed E-state index contributed by atoms with van der Waals surface area (Å²) >= 11 is 0. The zero-order chi connectivity index (χ0) is 12.2. The summed E-state index contributed by atoms with van der Waals surface area (Å²) in [6, 6.07) is 2.65. The van der Waals surface area contributed by atoms with E-state index in [0.717, 1.165) is 19.7 Å². The van der Waals surface area contributed by atoms with Gasteiger partial charge in [0.15, 0.2) is 0 Å². The third kappa shape index (κ3) is 2.93. The molecule has 3 rings (SSSR count). The van der Waals surface area contributed by atoms with Crippen molar-refractivity contribution in [1.82, 2.24) is 14.7 Å². The maximum atomic E-state index is 5.86. The van der Waals surface area contributed by atoms with Gasteiger partial charge < -0.3 is 4.74 Å². The van der Waals surface area contributed by atoms with E-state index in [1.165, 1.54) is 38.6 Å². The molecular weight excluding hydrogens is 226 g/mol. The summed E-state index contributed by atoms with van der Waals surface area (Å²) in [4.78, 5) is 2.61. The van der Waals surface area contributed by atoms with E-state index in [2.05, 4.69) is 20.9 Å². The van der Waals surface area contributed by atoms with Crippen LogP contribution in [0.1, 0.15) is 32.1 Å². The molecule has 18 heavy (non-hydrogen) atoms. The summed E-state index contributed by atoms with van der Waals surface area (Å²) in [5.74, 6) is 0. The molecule has 0 bridgehead atoms. The smallest absolute Gasteiger partial charge is 0.0702 e. The van der Waals surface area contributed by atoms with E-state index in [1.807, 2.05) is 12.3 Å². The molecule has 1 aromatic rings. The molecule has 3 heterocycles. The number of ether oxygens (including phenoxy) is 1. The van der Waals surface area contributed by atoms with E-state index in [-0.39, 0.29) is 0 Å². The summed E-state index contributed by atoms with van der Waals surface area (Å²) < 4.78 is 7.92. The second kappa shape index (κ2) is 5.85. The van der Waals surface area contributed by atoms with Gasteiger partial charge in [0.1, 0.15) is 0 Å². The lowest BCUT2D eigenvalue weighted by atomic mass is 10.1. The number of nitrogens with zero attached hydrogens (tertiary/aromatic N) is 3. The van der Waals surface area contributed by atoms with Gasteiger partial charge in [-0.25, -0.2) is 0 Å². The minimum Gasteiger partial charge on any atom is -0.377 e. The van der Waals surface area contributed by atoms with Crippen molar-refractivity contribution in [1.29, 1.82) is 0 Å². The van der Waals surface area contributed by atoms with Crippen molar-refractivity contribution in [3.05, 3.63) is 18.5 Å². The van der Waals surface area contributed by atoms with Gasteiger partial charge in [0.05, 0.1) is 12.6 Å². The van der Waals surface area contributed by atoms with Crippen LogP contribution >= 0.6 is 0 Å². The van der Waals surface area contributed by atoms with Crippen LogP contribution in [0.15, 0.2) is 18.5 Å². The van der Waals surface area contributed by atoms with E-state index < -0.39 is 0 Å². The number of hydrogen-bond acceptors (Lipinski definition) is 3. The van der Waals surface area contributed by atoms with Gasteiger partial charge in [-0.1, -0.05) is 0 Å². The van der Waals surface area contributed by atoms with Crippen LogP contribution in [0.3, 0.4) is 0 Å². The molecule has 100 valence electrons. The average Bonchev–Trinajstić information content (AvgIpc) is 3.04. The lowest BCUT2D eigenvalue weighted by Gasteiger charge is -2.31. The molecule has 0 radical (unpaired) electrons. The molecule has 0 aliphatic carbocycles. The van der Waals surface area contributed by atoms with Crippen LogP contribution in [0.5, 0.6) is 0 Å². The Balaban J connectivity index is 1.53. The molecule has 0 spiro atoms. The van der Waals surface area contributed by atoms with Crippen LogP contribution in [0, 0.1) is 0 Å². The van der Waals surface area contributed by atoms with E-state index in [4.69, 9.17) is 4.74 Å². The van der Waals surface area contributed by atoms with Crippen molar-refractivity contribution in [3.8, 4) is 0 Å². The van der Waals surface area contributed by atoms with Gasteiger partial charge in [-0.2, -0.15) is 5.10 Å². The molecule has 4 nitrogen and oxygen atoms in total. The zero-order valence-corrected chi connectivity index (χ0v) is 11.0. The first-order valence-electron chi connectivity index (χ1n) is 7.25. The molecule has 0 N–H and O–H groups in total. The molecule has 2 aliphatic rings. The van der Waals surface area contributed by atoms with Crippen LogP contribution in [0.4, 0.5) is 0 Å². The Labute approximate surface area is 109 Å². The van der Waals surface area contributed by atoms with Gasteiger partial charge in [-0.3, -0.25) is 9.58 Å². The molecule has 2 aliphatic heterocycles. The first-order valence-corrected chi connectivity index (χ1v) is 7.25. The highest BCUT2D eigenvalue weighted by Gasteiger charge is 2.28. The van der Waals surface area contributed by atoms with E-state index >= 15 is 0 Å². The Kier molecular flexibility index (Phi) is 3.96.